The van der Waals surface area contributed by atoms with Crippen LogP contribution < -0.4 is 4.74 Å². The van der Waals surface area contributed by atoms with Crippen LogP contribution in [0.25, 0.3) is 0 Å². The zero-order valence-corrected chi connectivity index (χ0v) is 12.0. The van der Waals surface area contributed by atoms with Gasteiger partial charge in [-0.2, -0.15) is 18.4 Å². The number of nitrogens with zero attached hydrogens (tertiary/aromatic N) is 1. The second-order valence-corrected chi connectivity index (χ2v) is 4.91. The summed E-state index contributed by atoms with van der Waals surface area (Å²) in [5.74, 6) is -2.55. The van der Waals surface area contributed by atoms with Crippen molar-refractivity contribution >= 4 is 17.7 Å². The summed E-state index contributed by atoms with van der Waals surface area (Å²) in [5, 5.41) is 8.90. The lowest BCUT2D eigenvalue weighted by atomic mass is 10.1. The Morgan fingerprint density at radius 2 is 1.87 bits per heavy atom. The minimum absolute atomic E-state index is 0.214. The van der Waals surface area contributed by atoms with Crippen LogP contribution in [0.2, 0.25) is 0 Å². The van der Waals surface area contributed by atoms with Crippen LogP contribution in [0.1, 0.15) is 22.8 Å². The molecule has 0 bridgehead atoms. The Bertz CT molecular complexity index is 635. The normalized spacial score (nSPS) is 11.7. The van der Waals surface area contributed by atoms with Crippen LogP contribution >= 0.6 is 11.8 Å². The molecule has 1 aromatic rings. The SMILES string of the molecule is CCOC(=O)c1c(C#N)cc(SC(F)(F)F)cc1OC(F)(F)F. The fourth-order valence-corrected chi connectivity index (χ4v) is 2.10. The highest BCUT2D eigenvalue weighted by atomic mass is 32.2. The number of esters is 1. The molecule has 1 aromatic carbocycles. The molecule has 0 aliphatic rings. The van der Waals surface area contributed by atoms with Crippen molar-refractivity contribution < 1.29 is 40.6 Å². The standard InChI is InChI=1S/C12H7F6NO3S/c1-2-21-10(20)9-6(5-19)3-7(23-12(16,17)18)4-8(9)22-11(13,14)15/h3-4H,2H2,1H3. The summed E-state index contributed by atoms with van der Waals surface area (Å²) in [6.45, 7) is 1.15. The van der Waals surface area contributed by atoms with E-state index in [1.54, 1.807) is 0 Å². The number of carbonyl (C=O) groups is 1. The average Bonchev–Trinajstić information content (AvgIpc) is 2.34. The minimum Gasteiger partial charge on any atom is -0.462 e. The lowest BCUT2D eigenvalue weighted by molar-refractivity contribution is -0.274. The average molecular weight is 359 g/mol. The van der Waals surface area contributed by atoms with E-state index in [-0.39, 0.29) is 6.61 Å². The van der Waals surface area contributed by atoms with Crippen molar-refractivity contribution in [1.82, 2.24) is 0 Å². The van der Waals surface area contributed by atoms with Crippen LogP contribution in [0.5, 0.6) is 5.75 Å². The molecule has 0 amide bonds. The molecule has 0 N–H and O–H groups in total. The number of thioether (sulfide) groups is 1. The van der Waals surface area contributed by atoms with E-state index < -0.39 is 51.4 Å². The Kier molecular flexibility index (Phi) is 5.76. The number of alkyl halides is 6. The van der Waals surface area contributed by atoms with Crippen molar-refractivity contribution in [3.8, 4) is 11.8 Å². The molecule has 0 aliphatic carbocycles. The second kappa shape index (κ2) is 6.99. The molecule has 0 heterocycles. The number of hydrogen-bond acceptors (Lipinski definition) is 5. The van der Waals surface area contributed by atoms with E-state index in [0.717, 1.165) is 0 Å². The zero-order valence-electron chi connectivity index (χ0n) is 11.2. The molecule has 126 valence electrons. The molecule has 1 rings (SSSR count). The van der Waals surface area contributed by atoms with Crippen molar-refractivity contribution in [2.75, 3.05) is 6.61 Å². The van der Waals surface area contributed by atoms with E-state index in [1.807, 2.05) is 0 Å². The Balaban J connectivity index is 3.47. The van der Waals surface area contributed by atoms with Crippen LogP contribution in [0, 0.1) is 11.3 Å². The van der Waals surface area contributed by atoms with Gasteiger partial charge in [-0.05, 0) is 30.8 Å². The van der Waals surface area contributed by atoms with E-state index in [9.17, 15) is 31.1 Å². The third-order valence-corrected chi connectivity index (χ3v) is 2.84. The van der Waals surface area contributed by atoms with E-state index in [4.69, 9.17) is 5.26 Å². The van der Waals surface area contributed by atoms with Crippen LogP contribution in [0.3, 0.4) is 0 Å². The molecule has 0 atom stereocenters. The molecule has 0 aliphatic heterocycles. The molecule has 0 aromatic heterocycles. The van der Waals surface area contributed by atoms with Crippen LogP contribution in [0.15, 0.2) is 17.0 Å². The van der Waals surface area contributed by atoms with Gasteiger partial charge in [0.2, 0.25) is 0 Å². The number of carbonyl (C=O) groups excluding carboxylic acids is 1. The molecule has 11 heteroatoms. The molecule has 0 fully saturated rings. The number of nitriles is 1. The Morgan fingerprint density at radius 1 is 1.26 bits per heavy atom. The summed E-state index contributed by atoms with van der Waals surface area (Å²) in [6.07, 6.45) is -5.27. The quantitative estimate of drug-likeness (QED) is 0.457. The van der Waals surface area contributed by atoms with E-state index >= 15 is 0 Å². The van der Waals surface area contributed by atoms with Crippen molar-refractivity contribution in [2.45, 2.75) is 23.7 Å². The molecule has 4 nitrogen and oxygen atoms in total. The smallest absolute Gasteiger partial charge is 0.462 e. The molecule has 0 unspecified atom stereocenters. The maximum atomic E-state index is 12.4. The first-order valence-corrected chi connectivity index (χ1v) is 6.55. The largest absolute Gasteiger partial charge is 0.573 e. The Morgan fingerprint density at radius 3 is 2.30 bits per heavy atom. The minimum atomic E-state index is -5.27. The third kappa shape index (κ3) is 5.90. The molecular formula is C12H7F6NO3S. The van der Waals surface area contributed by atoms with Crippen molar-refractivity contribution in [3.05, 3.63) is 23.3 Å². The van der Waals surface area contributed by atoms with Gasteiger partial charge in [0, 0.05) is 4.90 Å². The monoisotopic (exact) mass is 359 g/mol. The van der Waals surface area contributed by atoms with E-state index in [2.05, 4.69) is 9.47 Å². The van der Waals surface area contributed by atoms with Gasteiger partial charge in [0.05, 0.1) is 12.2 Å². The van der Waals surface area contributed by atoms with Gasteiger partial charge in [-0.3, -0.25) is 0 Å². The Labute approximate surface area is 130 Å². The lowest BCUT2D eigenvalue weighted by Crippen LogP contribution is -2.20. The highest BCUT2D eigenvalue weighted by molar-refractivity contribution is 8.00. The van der Waals surface area contributed by atoms with Crippen molar-refractivity contribution in [1.29, 1.82) is 5.26 Å². The predicted molar refractivity (Wildman–Crippen MR) is 65.7 cm³/mol. The first kappa shape index (κ1) is 19.0. The van der Waals surface area contributed by atoms with Gasteiger partial charge in [-0.25, -0.2) is 4.79 Å². The second-order valence-electron chi connectivity index (χ2n) is 3.77. The van der Waals surface area contributed by atoms with Gasteiger partial charge in [0.25, 0.3) is 0 Å². The lowest BCUT2D eigenvalue weighted by Gasteiger charge is -2.15. The van der Waals surface area contributed by atoms with Crippen molar-refractivity contribution in [3.63, 3.8) is 0 Å². The zero-order chi connectivity index (χ0) is 17.8. The molecule has 0 saturated carbocycles. The maximum absolute atomic E-state index is 12.4. The van der Waals surface area contributed by atoms with Crippen LogP contribution in [0.4, 0.5) is 26.3 Å². The van der Waals surface area contributed by atoms with E-state index in [1.165, 1.54) is 13.0 Å². The number of hydrogen-bond donors (Lipinski definition) is 0. The molecule has 0 radical (unpaired) electrons. The molecule has 0 spiro atoms. The summed E-state index contributed by atoms with van der Waals surface area (Å²) in [4.78, 5) is 10.9. The fraction of sp³-hybridized carbons (Fsp3) is 0.333. The fourth-order valence-electron chi connectivity index (χ4n) is 1.49. The summed E-state index contributed by atoms with van der Waals surface area (Å²) in [6, 6.07) is 2.36. The third-order valence-electron chi connectivity index (χ3n) is 2.13. The topological polar surface area (TPSA) is 59.3 Å². The van der Waals surface area contributed by atoms with Gasteiger partial charge in [0.15, 0.2) is 0 Å². The summed E-state index contributed by atoms with van der Waals surface area (Å²) < 4.78 is 82.3. The number of benzene rings is 1. The molecule has 0 saturated heterocycles. The summed E-state index contributed by atoms with van der Waals surface area (Å²) in [7, 11) is 0. The van der Waals surface area contributed by atoms with Gasteiger partial charge in [-0.15, -0.1) is 13.2 Å². The van der Waals surface area contributed by atoms with E-state index in [0.29, 0.717) is 12.1 Å². The van der Waals surface area contributed by atoms with Crippen molar-refractivity contribution in [2.24, 2.45) is 0 Å². The Hall–Kier alpha value is -2.09. The van der Waals surface area contributed by atoms with Gasteiger partial charge < -0.3 is 9.47 Å². The van der Waals surface area contributed by atoms with Gasteiger partial charge in [-0.1, -0.05) is 0 Å². The highest BCUT2D eigenvalue weighted by Crippen LogP contribution is 2.41. The first-order valence-electron chi connectivity index (χ1n) is 5.73. The molecule has 23 heavy (non-hydrogen) atoms. The van der Waals surface area contributed by atoms with Gasteiger partial charge >= 0.3 is 17.8 Å². The van der Waals surface area contributed by atoms with Gasteiger partial charge in [0.1, 0.15) is 17.4 Å². The molecular weight excluding hydrogens is 352 g/mol. The van der Waals surface area contributed by atoms with Crippen LogP contribution in [-0.4, -0.2) is 24.4 Å². The summed E-state index contributed by atoms with van der Waals surface area (Å²) in [5.41, 5.74) is -6.41. The maximum Gasteiger partial charge on any atom is 0.573 e. The first-order chi connectivity index (χ1) is 10.5. The highest BCUT2D eigenvalue weighted by Gasteiger charge is 2.36. The number of ether oxygens (including phenoxy) is 2. The predicted octanol–water partition coefficient (Wildman–Crippen LogP) is 4.25. The number of halogens is 6. The number of rotatable bonds is 4. The van der Waals surface area contributed by atoms with Crippen LogP contribution in [-0.2, 0) is 4.74 Å². The summed E-state index contributed by atoms with van der Waals surface area (Å²) >= 11 is -0.746.